The number of anilines is 1. The number of nitrogens with one attached hydrogen (secondary N) is 1. The van der Waals surface area contributed by atoms with Crippen molar-refractivity contribution in [1.82, 2.24) is 30.2 Å². The molecule has 4 aromatic rings. The number of fused-ring (bicyclic) bond motifs is 1. The van der Waals surface area contributed by atoms with Crippen LogP contribution < -0.4 is 5.73 Å². The standard InChI is InChI=1S/C17H15N7O2/c18-14-6-13(15-16(20-14)22-23-21-15)5-11-7-19-24(9-11)8-10-1-3-12(4-2-10)17(25)26/h1-4,6-7,9H,5,8H2,(H,25,26)(H3,18,20,21,22,23). The minimum Gasteiger partial charge on any atom is -0.478 e. The van der Waals surface area contributed by atoms with Crippen LogP contribution >= 0.6 is 0 Å². The predicted molar refractivity (Wildman–Crippen MR) is 93.6 cm³/mol. The van der Waals surface area contributed by atoms with E-state index in [4.69, 9.17) is 10.8 Å². The number of H-pyrrole nitrogens is 1. The first kappa shape index (κ1) is 15.8. The zero-order valence-electron chi connectivity index (χ0n) is 13.6. The first-order valence-corrected chi connectivity index (χ1v) is 7.88. The number of nitrogens with two attached hydrogens (primary N) is 1. The number of rotatable bonds is 5. The highest BCUT2D eigenvalue weighted by molar-refractivity contribution is 5.87. The molecule has 9 heteroatoms. The van der Waals surface area contributed by atoms with Crippen molar-refractivity contribution >= 4 is 23.0 Å². The molecule has 0 saturated heterocycles. The number of aromatic amines is 1. The zero-order chi connectivity index (χ0) is 18.1. The molecule has 0 atom stereocenters. The van der Waals surface area contributed by atoms with Crippen molar-refractivity contribution in [2.75, 3.05) is 5.73 Å². The van der Waals surface area contributed by atoms with Crippen LogP contribution in [0.3, 0.4) is 0 Å². The molecule has 0 fully saturated rings. The average Bonchev–Trinajstić information content (AvgIpc) is 3.24. The molecule has 1 aromatic carbocycles. The van der Waals surface area contributed by atoms with Gasteiger partial charge in [-0.2, -0.15) is 5.10 Å². The Balaban J connectivity index is 1.52. The molecular weight excluding hydrogens is 334 g/mol. The van der Waals surface area contributed by atoms with E-state index in [2.05, 4.69) is 25.5 Å². The van der Waals surface area contributed by atoms with Crippen LogP contribution in [0.25, 0.3) is 11.2 Å². The van der Waals surface area contributed by atoms with Gasteiger partial charge < -0.3 is 10.8 Å². The number of nitrogen functional groups attached to an aromatic ring is 1. The topological polar surface area (TPSA) is 136 Å². The number of nitrogens with zero attached hydrogens (tertiary/aromatic N) is 5. The maximum absolute atomic E-state index is 10.9. The maximum Gasteiger partial charge on any atom is 0.335 e. The summed E-state index contributed by atoms with van der Waals surface area (Å²) in [5, 5.41) is 23.9. The summed E-state index contributed by atoms with van der Waals surface area (Å²) in [4.78, 5) is 15.1. The molecule has 0 radical (unpaired) electrons. The van der Waals surface area contributed by atoms with Crippen molar-refractivity contribution in [1.29, 1.82) is 0 Å². The van der Waals surface area contributed by atoms with Gasteiger partial charge in [-0.1, -0.05) is 17.3 Å². The van der Waals surface area contributed by atoms with Crippen LogP contribution in [0.4, 0.5) is 5.82 Å². The number of hydrogen-bond donors (Lipinski definition) is 3. The average molecular weight is 349 g/mol. The molecule has 3 heterocycles. The lowest BCUT2D eigenvalue weighted by atomic mass is 10.1. The van der Waals surface area contributed by atoms with E-state index in [0.29, 0.717) is 29.9 Å². The van der Waals surface area contributed by atoms with Crippen LogP contribution in [-0.4, -0.2) is 41.3 Å². The third-order valence-electron chi connectivity index (χ3n) is 4.02. The van der Waals surface area contributed by atoms with Gasteiger partial charge in [-0.15, -0.1) is 5.10 Å². The first-order chi connectivity index (χ1) is 12.6. The fourth-order valence-electron chi connectivity index (χ4n) is 2.80. The van der Waals surface area contributed by atoms with E-state index in [0.717, 1.165) is 16.7 Å². The Morgan fingerprint density at radius 3 is 2.81 bits per heavy atom. The molecule has 9 nitrogen and oxygen atoms in total. The third-order valence-corrected chi connectivity index (χ3v) is 4.02. The predicted octanol–water partition coefficient (Wildman–Crippen LogP) is 1.47. The van der Waals surface area contributed by atoms with E-state index >= 15 is 0 Å². The van der Waals surface area contributed by atoms with E-state index in [1.165, 1.54) is 0 Å². The Bertz CT molecular complexity index is 1080. The number of carbonyl (C=O) groups is 1. The first-order valence-electron chi connectivity index (χ1n) is 7.88. The Morgan fingerprint density at radius 1 is 1.23 bits per heavy atom. The molecule has 0 spiro atoms. The Kier molecular flexibility index (Phi) is 3.81. The smallest absolute Gasteiger partial charge is 0.335 e. The number of carboxylic acid groups (broad SMARTS) is 1. The van der Waals surface area contributed by atoms with Gasteiger partial charge in [-0.05, 0) is 34.9 Å². The van der Waals surface area contributed by atoms with Gasteiger partial charge in [0.05, 0.1) is 18.3 Å². The van der Waals surface area contributed by atoms with Gasteiger partial charge in [0, 0.05) is 12.6 Å². The van der Waals surface area contributed by atoms with Crippen LogP contribution in [0.2, 0.25) is 0 Å². The van der Waals surface area contributed by atoms with Crippen LogP contribution in [0.5, 0.6) is 0 Å². The summed E-state index contributed by atoms with van der Waals surface area (Å²) < 4.78 is 1.80. The molecule has 0 amide bonds. The lowest BCUT2D eigenvalue weighted by molar-refractivity contribution is 0.0697. The van der Waals surface area contributed by atoms with Crippen molar-refractivity contribution in [2.24, 2.45) is 0 Å². The van der Waals surface area contributed by atoms with Crippen molar-refractivity contribution in [3.63, 3.8) is 0 Å². The highest BCUT2D eigenvalue weighted by Gasteiger charge is 2.10. The summed E-state index contributed by atoms with van der Waals surface area (Å²) >= 11 is 0. The van der Waals surface area contributed by atoms with Gasteiger partial charge in [0.1, 0.15) is 11.3 Å². The van der Waals surface area contributed by atoms with Crippen molar-refractivity contribution in [3.05, 3.63) is 65.0 Å². The quantitative estimate of drug-likeness (QED) is 0.496. The zero-order valence-corrected chi connectivity index (χ0v) is 13.6. The molecule has 0 bridgehead atoms. The molecule has 26 heavy (non-hydrogen) atoms. The molecule has 130 valence electrons. The summed E-state index contributed by atoms with van der Waals surface area (Å²) in [7, 11) is 0. The molecule has 0 aliphatic heterocycles. The van der Waals surface area contributed by atoms with E-state index in [9.17, 15) is 4.79 Å². The second-order valence-corrected chi connectivity index (χ2v) is 5.94. The van der Waals surface area contributed by atoms with Gasteiger partial charge in [-0.25, -0.2) is 14.9 Å². The number of pyridine rings is 1. The van der Waals surface area contributed by atoms with Crippen molar-refractivity contribution in [2.45, 2.75) is 13.0 Å². The highest BCUT2D eigenvalue weighted by atomic mass is 16.4. The molecule has 0 saturated carbocycles. The largest absolute Gasteiger partial charge is 0.478 e. The maximum atomic E-state index is 10.9. The second kappa shape index (κ2) is 6.28. The van der Waals surface area contributed by atoms with Gasteiger partial charge in [0.25, 0.3) is 0 Å². The van der Waals surface area contributed by atoms with E-state index in [1.807, 2.05) is 6.20 Å². The lowest BCUT2D eigenvalue weighted by Crippen LogP contribution is -2.01. The van der Waals surface area contributed by atoms with Gasteiger partial charge in [0.15, 0.2) is 5.65 Å². The third kappa shape index (κ3) is 3.09. The lowest BCUT2D eigenvalue weighted by Gasteiger charge is -2.03. The molecule has 0 unspecified atom stereocenters. The summed E-state index contributed by atoms with van der Waals surface area (Å²) in [6, 6.07) is 8.53. The Hall–Kier alpha value is -3.75. The highest BCUT2D eigenvalue weighted by Crippen LogP contribution is 2.19. The van der Waals surface area contributed by atoms with Crippen molar-refractivity contribution < 1.29 is 9.90 Å². The minimum atomic E-state index is -0.936. The number of aromatic nitrogens is 6. The van der Waals surface area contributed by atoms with Gasteiger partial charge in [0.2, 0.25) is 0 Å². The van der Waals surface area contributed by atoms with Crippen LogP contribution in [0.15, 0.2) is 42.7 Å². The summed E-state index contributed by atoms with van der Waals surface area (Å²) in [6.45, 7) is 0.553. The monoisotopic (exact) mass is 349 g/mol. The fraction of sp³-hybridized carbons (Fsp3) is 0.118. The van der Waals surface area contributed by atoms with Crippen LogP contribution in [0, 0.1) is 0 Å². The molecule has 3 aromatic heterocycles. The van der Waals surface area contributed by atoms with Crippen molar-refractivity contribution in [3.8, 4) is 0 Å². The molecular formula is C17H15N7O2. The van der Waals surface area contributed by atoms with E-state index in [-0.39, 0.29) is 5.56 Å². The minimum absolute atomic E-state index is 0.266. The summed E-state index contributed by atoms with van der Waals surface area (Å²) in [5.74, 6) is -0.529. The van der Waals surface area contributed by atoms with E-state index in [1.54, 1.807) is 41.2 Å². The number of carboxylic acids is 1. The SMILES string of the molecule is Nc1cc(Cc2cnn(Cc3ccc(C(=O)O)cc3)c2)c2nn[nH]c2n1. The Labute approximate surface area is 147 Å². The van der Waals surface area contributed by atoms with E-state index < -0.39 is 5.97 Å². The van der Waals surface area contributed by atoms with Crippen LogP contribution in [0.1, 0.15) is 27.0 Å². The number of aromatic carboxylic acids is 1. The second-order valence-electron chi connectivity index (χ2n) is 5.94. The molecule has 0 aliphatic rings. The number of benzene rings is 1. The normalized spacial score (nSPS) is 11.1. The fourth-order valence-corrected chi connectivity index (χ4v) is 2.80. The Morgan fingerprint density at radius 2 is 2.04 bits per heavy atom. The summed E-state index contributed by atoms with van der Waals surface area (Å²) in [6.07, 6.45) is 4.33. The van der Waals surface area contributed by atoms with Crippen LogP contribution in [-0.2, 0) is 13.0 Å². The molecule has 0 aliphatic carbocycles. The number of hydrogen-bond acceptors (Lipinski definition) is 6. The molecule has 4 N–H and O–H groups in total. The molecule has 4 rings (SSSR count). The summed E-state index contributed by atoms with van der Waals surface area (Å²) in [5.41, 5.74) is 10.2. The van der Waals surface area contributed by atoms with Gasteiger partial charge >= 0.3 is 5.97 Å². The van der Waals surface area contributed by atoms with Gasteiger partial charge in [-0.3, -0.25) is 4.68 Å².